The van der Waals surface area contributed by atoms with Crippen molar-refractivity contribution in [3.63, 3.8) is 0 Å². The minimum atomic E-state index is -4.30. The van der Waals surface area contributed by atoms with Gasteiger partial charge in [-0.2, -0.15) is 0 Å². The van der Waals surface area contributed by atoms with E-state index in [1.165, 1.54) is 41.3 Å². The lowest BCUT2D eigenvalue weighted by Gasteiger charge is -2.34. The van der Waals surface area contributed by atoms with Crippen molar-refractivity contribution in [2.24, 2.45) is 0 Å². The summed E-state index contributed by atoms with van der Waals surface area (Å²) in [5.41, 5.74) is 1.43. The Balaban J connectivity index is 1.80. The van der Waals surface area contributed by atoms with Crippen LogP contribution in [0.5, 0.6) is 0 Å². The van der Waals surface area contributed by atoms with Crippen molar-refractivity contribution in [1.29, 1.82) is 0 Å². The third kappa shape index (κ3) is 8.54. The molecule has 0 saturated carbocycles. The average Bonchev–Trinajstić information content (AvgIpc) is 3.06. The van der Waals surface area contributed by atoms with Gasteiger partial charge < -0.3 is 10.2 Å². The number of amides is 2. The fourth-order valence-corrected chi connectivity index (χ4v) is 6.20. The van der Waals surface area contributed by atoms with Gasteiger partial charge in [0.25, 0.3) is 15.7 Å². The molecular weight excluding hydrogens is 592 g/mol. The molecule has 4 aromatic carbocycles. The smallest absolute Gasteiger partial charge is 0.269 e. The van der Waals surface area contributed by atoms with Crippen LogP contribution >= 0.6 is 0 Å². The summed E-state index contributed by atoms with van der Waals surface area (Å²) < 4.78 is 28.9. The van der Waals surface area contributed by atoms with Crippen molar-refractivity contribution in [3.05, 3.63) is 137 Å². The quantitative estimate of drug-likeness (QED) is 0.148. The highest BCUT2D eigenvalue weighted by atomic mass is 32.2. The predicted octanol–water partition coefficient (Wildman–Crippen LogP) is 5.34. The molecule has 0 radical (unpaired) electrons. The molecule has 0 bridgehead atoms. The summed E-state index contributed by atoms with van der Waals surface area (Å²) in [4.78, 5) is 40.3. The SMILES string of the molecule is CC[C@@H](C)NC(=O)[C@@H](Cc1ccccc1)N(Cc1ccccc1)C(=O)CN(c1ccc([N+](=O)[O-])cc1)S(=O)(=O)c1ccccc1. The van der Waals surface area contributed by atoms with Crippen molar-refractivity contribution < 1.29 is 22.9 Å². The maximum Gasteiger partial charge on any atom is 0.269 e. The van der Waals surface area contributed by atoms with Gasteiger partial charge in [-0.3, -0.25) is 24.0 Å². The van der Waals surface area contributed by atoms with E-state index in [1.807, 2.05) is 74.5 Å². The average molecular weight is 629 g/mol. The molecule has 0 aliphatic rings. The van der Waals surface area contributed by atoms with Crippen molar-refractivity contribution in [2.45, 2.75) is 50.2 Å². The summed E-state index contributed by atoms with van der Waals surface area (Å²) in [5, 5.41) is 14.3. The van der Waals surface area contributed by atoms with Crippen LogP contribution in [-0.4, -0.2) is 48.7 Å². The summed E-state index contributed by atoms with van der Waals surface area (Å²) in [6.45, 7) is 3.22. The molecule has 1 N–H and O–H groups in total. The van der Waals surface area contributed by atoms with Gasteiger partial charge in [0.2, 0.25) is 11.8 Å². The van der Waals surface area contributed by atoms with Gasteiger partial charge in [0.05, 0.1) is 15.5 Å². The van der Waals surface area contributed by atoms with E-state index in [2.05, 4.69) is 5.32 Å². The molecule has 0 aliphatic carbocycles. The van der Waals surface area contributed by atoms with Crippen LogP contribution in [0, 0.1) is 10.1 Å². The summed E-state index contributed by atoms with van der Waals surface area (Å²) in [6.07, 6.45) is 0.879. The summed E-state index contributed by atoms with van der Waals surface area (Å²) >= 11 is 0. The second-order valence-electron chi connectivity index (χ2n) is 10.6. The van der Waals surface area contributed by atoms with E-state index in [-0.39, 0.29) is 41.2 Å². The minimum absolute atomic E-state index is 0.0462. The van der Waals surface area contributed by atoms with Gasteiger partial charge in [-0.05, 0) is 48.7 Å². The topological polar surface area (TPSA) is 130 Å². The zero-order valence-electron chi connectivity index (χ0n) is 25.2. The molecule has 4 rings (SSSR count). The van der Waals surface area contributed by atoms with Gasteiger partial charge in [0.1, 0.15) is 12.6 Å². The van der Waals surface area contributed by atoms with Gasteiger partial charge in [0.15, 0.2) is 0 Å². The highest BCUT2D eigenvalue weighted by Crippen LogP contribution is 2.27. The van der Waals surface area contributed by atoms with Gasteiger partial charge in [-0.1, -0.05) is 85.8 Å². The van der Waals surface area contributed by atoms with Crippen molar-refractivity contribution >= 4 is 33.2 Å². The van der Waals surface area contributed by atoms with Crippen LogP contribution in [0.25, 0.3) is 0 Å². The summed E-state index contributed by atoms with van der Waals surface area (Å²) in [5.74, 6) is -0.970. The van der Waals surface area contributed by atoms with Crippen LogP contribution in [0.3, 0.4) is 0 Å². The number of nitro groups is 1. The van der Waals surface area contributed by atoms with E-state index in [9.17, 15) is 28.1 Å². The molecule has 10 nitrogen and oxygen atoms in total. The largest absolute Gasteiger partial charge is 0.352 e. The van der Waals surface area contributed by atoms with E-state index < -0.39 is 33.4 Å². The zero-order chi connectivity index (χ0) is 32.4. The first-order chi connectivity index (χ1) is 21.6. The number of nitro benzene ring substituents is 1. The predicted molar refractivity (Wildman–Crippen MR) is 173 cm³/mol. The van der Waals surface area contributed by atoms with Crippen LogP contribution in [0.15, 0.2) is 120 Å². The number of carbonyl (C=O) groups is 2. The maximum atomic E-state index is 14.4. The number of sulfonamides is 1. The molecule has 2 atom stereocenters. The highest BCUT2D eigenvalue weighted by molar-refractivity contribution is 7.92. The standard InChI is InChI=1S/C34H36N4O6S/c1-3-26(2)35-34(40)32(23-27-13-7-4-8-14-27)36(24-28-15-9-5-10-16-28)33(39)25-37(29-19-21-30(22-20-29)38(41)42)45(43,44)31-17-11-6-12-18-31/h4-22,26,32H,3,23-25H2,1-2H3,(H,35,40)/t26-,32-/m1/s1. The molecule has 45 heavy (non-hydrogen) atoms. The summed E-state index contributed by atoms with van der Waals surface area (Å²) in [7, 11) is -4.30. The zero-order valence-corrected chi connectivity index (χ0v) is 26.0. The lowest BCUT2D eigenvalue weighted by Crippen LogP contribution is -2.54. The number of non-ortho nitro benzene ring substituents is 1. The molecule has 0 aliphatic heterocycles. The van der Waals surface area contributed by atoms with Gasteiger partial charge in [-0.15, -0.1) is 0 Å². The van der Waals surface area contributed by atoms with E-state index >= 15 is 0 Å². The number of nitrogens with one attached hydrogen (secondary N) is 1. The Bertz CT molecular complexity index is 1690. The number of benzene rings is 4. The lowest BCUT2D eigenvalue weighted by atomic mass is 10.0. The summed E-state index contributed by atoms with van der Waals surface area (Å²) in [6, 6.07) is 30.0. The van der Waals surface area contributed by atoms with E-state index in [1.54, 1.807) is 18.2 Å². The molecular formula is C34H36N4O6S. The number of nitrogens with zero attached hydrogens (tertiary/aromatic N) is 3. The van der Waals surface area contributed by atoms with E-state index in [0.717, 1.165) is 15.4 Å². The maximum absolute atomic E-state index is 14.4. The Hall–Kier alpha value is -5.03. The first-order valence-corrected chi connectivity index (χ1v) is 16.0. The monoisotopic (exact) mass is 628 g/mol. The number of rotatable bonds is 14. The van der Waals surface area contributed by atoms with Gasteiger partial charge in [-0.25, -0.2) is 8.42 Å². The third-order valence-electron chi connectivity index (χ3n) is 7.43. The molecule has 4 aromatic rings. The molecule has 0 saturated heterocycles. The fourth-order valence-electron chi connectivity index (χ4n) is 4.76. The number of carbonyl (C=O) groups excluding carboxylic acids is 2. The van der Waals surface area contributed by atoms with Gasteiger partial charge in [0, 0.05) is 31.1 Å². The fraction of sp³-hybridized carbons (Fsp3) is 0.235. The second-order valence-corrected chi connectivity index (χ2v) is 12.5. The highest BCUT2D eigenvalue weighted by Gasteiger charge is 2.35. The molecule has 0 aromatic heterocycles. The number of hydrogen-bond donors (Lipinski definition) is 1. The minimum Gasteiger partial charge on any atom is -0.352 e. The normalized spacial score (nSPS) is 12.5. The molecule has 11 heteroatoms. The van der Waals surface area contributed by atoms with Crippen molar-refractivity contribution in [2.75, 3.05) is 10.8 Å². The van der Waals surface area contributed by atoms with Crippen LogP contribution in [0.4, 0.5) is 11.4 Å². The second kappa shape index (κ2) is 15.1. The molecule has 0 unspecified atom stereocenters. The van der Waals surface area contributed by atoms with Crippen LogP contribution in [-0.2, 0) is 32.6 Å². The first-order valence-electron chi connectivity index (χ1n) is 14.6. The van der Waals surface area contributed by atoms with Crippen molar-refractivity contribution in [1.82, 2.24) is 10.2 Å². The van der Waals surface area contributed by atoms with Crippen molar-refractivity contribution in [3.8, 4) is 0 Å². The lowest BCUT2D eigenvalue weighted by molar-refractivity contribution is -0.384. The van der Waals surface area contributed by atoms with Gasteiger partial charge >= 0.3 is 0 Å². The molecule has 2 amide bonds. The molecule has 0 heterocycles. The number of anilines is 1. The van der Waals surface area contributed by atoms with Crippen LogP contribution < -0.4 is 9.62 Å². The Morgan fingerprint density at radius 2 is 1.36 bits per heavy atom. The Morgan fingerprint density at radius 1 is 0.822 bits per heavy atom. The Kier molecular flexibility index (Phi) is 11.0. The van der Waals surface area contributed by atoms with E-state index in [0.29, 0.717) is 6.42 Å². The Labute approximate surface area is 263 Å². The molecule has 0 fully saturated rings. The number of hydrogen-bond acceptors (Lipinski definition) is 6. The van der Waals surface area contributed by atoms with E-state index in [4.69, 9.17) is 0 Å². The van der Waals surface area contributed by atoms with Crippen LogP contribution in [0.2, 0.25) is 0 Å². The first kappa shape index (κ1) is 32.9. The Morgan fingerprint density at radius 3 is 1.89 bits per heavy atom. The molecule has 234 valence electrons. The third-order valence-corrected chi connectivity index (χ3v) is 9.21. The molecule has 0 spiro atoms. The van der Waals surface area contributed by atoms with Crippen LogP contribution in [0.1, 0.15) is 31.4 Å².